The molecule has 0 saturated heterocycles. The summed E-state index contributed by atoms with van der Waals surface area (Å²) in [6, 6.07) is 4.73. The van der Waals surface area contributed by atoms with E-state index in [0.29, 0.717) is 12.0 Å². The van der Waals surface area contributed by atoms with Crippen molar-refractivity contribution in [2.24, 2.45) is 0 Å². The van der Waals surface area contributed by atoms with Crippen LogP contribution < -0.4 is 10.1 Å². The van der Waals surface area contributed by atoms with Crippen LogP contribution in [0.4, 0.5) is 0 Å². The minimum absolute atomic E-state index is 0.423. The molecule has 0 amide bonds. The fourth-order valence-corrected chi connectivity index (χ4v) is 1.90. The largest absolute Gasteiger partial charge is 0.478 e. The Hall–Kier alpha value is -1.09. The SMILES string of the molecule is CCCCCOc1cc(CNC(C)C)cc(C(C)C)n1. The second kappa shape index (κ2) is 8.96. The molecule has 1 heterocycles. The molecule has 0 fully saturated rings. The molecular weight excluding hydrogens is 248 g/mol. The number of aromatic nitrogens is 1. The van der Waals surface area contributed by atoms with E-state index in [9.17, 15) is 0 Å². The number of hydrogen-bond donors (Lipinski definition) is 1. The maximum Gasteiger partial charge on any atom is 0.213 e. The van der Waals surface area contributed by atoms with E-state index in [1.165, 1.54) is 18.4 Å². The van der Waals surface area contributed by atoms with Crippen molar-refractivity contribution in [3.8, 4) is 5.88 Å². The lowest BCUT2D eigenvalue weighted by atomic mass is 10.1. The van der Waals surface area contributed by atoms with Crippen molar-refractivity contribution in [3.05, 3.63) is 23.4 Å². The number of pyridine rings is 1. The average Bonchev–Trinajstić information content (AvgIpc) is 2.41. The molecule has 1 aromatic heterocycles. The van der Waals surface area contributed by atoms with Crippen molar-refractivity contribution >= 4 is 0 Å². The van der Waals surface area contributed by atoms with E-state index < -0.39 is 0 Å². The summed E-state index contributed by atoms with van der Waals surface area (Å²) in [7, 11) is 0. The highest BCUT2D eigenvalue weighted by Crippen LogP contribution is 2.19. The van der Waals surface area contributed by atoms with Crippen molar-refractivity contribution < 1.29 is 4.74 Å². The van der Waals surface area contributed by atoms with Crippen LogP contribution in [-0.4, -0.2) is 17.6 Å². The first-order valence-corrected chi connectivity index (χ1v) is 7.90. The number of ether oxygens (including phenoxy) is 1. The van der Waals surface area contributed by atoms with Crippen molar-refractivity contribution in [1.29, 1.82) is 0 Å². The van der Waals surface area contributed by atoms with Crippen LogP contribution in [0.2, 0.25) is 0 Å². The van der Waals surface area contributed by atoms with Gasteiger partial charge in [0.05, 0.1) is 6.61 Å². The van der Waals surface area contributed by atoms with E-state index in [0.717, 1.165) is 31.1 Å². The monoisotopic (exact) mass is 278 g/mol. The summed E-state index contributed by atoms with van der Waals surface area (Å²) in [5.74, 6) is 1.19. The fraction of sp³-hybridized carbons (Fsp3) is 0.706. The molecule has 1 rings (SSSR count). The summed E-state index contributed by atoms with van der Waals surface area (Å²) in [5, 5.41) is 3.45. The Morgan fingerprint density at radius 2 is 1.90 bits per heavy atom. The third-order valence-electron chi connectivity index (χ3n) is 3.19. The number of rotatable bonds is 9. The lowest BCUT2D eigenvalue weighted by Gasteiger charge is -2.13. The number of unbranched alkanes of at least 4 members (excludes halogenated alkanes) is 2. The van der Waals surface area contributed by atoms with Gasteiger partial charge in [-0.15, -0.1) is 0 Å². The van der Waals surface area contributed by atoms with Gasteiger partial charge < -0.3 is 10.1 Å². The maximum atomic E-state index is 5.81. The molecule has 0 atom stereocenters. The minimum atomic E-state index is 0.423. The van der Waals surface area contributed by atoms with Gasteiger partial charge in [0.2, 0.25) is 5.88 Å². The highest BCUT2D eigenvalue weighted by molar-refractivity contribution is 5.26. The smallest absolute Gasteiger partial charge is 0.213 e. The van der Waals surface area contributed by atoms with Crippen LogP contribution in [-0.2, 0) is 6.54 Å². The van der Waals surface area contributed by atoms with Gasteiger partial charge in [-0.2, -0.15) is 0 Å². The van der Waals surface area contributed by atoms with Crippen LogP contribution in [0, 0.1) is 0 Å². The normalized spacial score (nSPS) is 11.3. The van der Waals surface area contributed by atoms with Gasteiger partial charge >= 0.3 is 0 Å². The van der Waals surface area contributed by atoms with Crippen molar-refractivity contribution in [1.82, 2.24) is 10.3 Å². The van der Waals surface area contributed by atoms with Crippen LogP contribution in [0.25, 0.3) is 0 Å². The Bertz CT molecular complexity index is 389. The third kappa shape index (κ3) is 6.38. The first-order chi connectivity index (χ1) is 9.52. The molecular formula is C17H30N2O. The van der Waals surface area contributed by atoms with Gasteiger partial charge in [0.15, 0.2) is 0 Å². The first-order valence-electron chi connectivity index (χ1n) is 7.90. The highest BCUT2D eigenvalue weighted by Gasteiger charge is 2.07. The Balaban J connectivity index is 2.71. The molecule has 0 unspecified atom stereocenters. The van der Waals surface area contributed by atoms with Gasteiger partial charge in [-0.25, -0.2) is 4.98 Å². The second-order valence-electron chi connectivity index (χ2n) is 5.98. The van der Waals surface area contributed by atoms with Gasteiger partial charge in [0, 0.05) is 24.3 Å². The molecule has 0 aromatic carbocycles. The molecule has 0 aliphatic heterocycles. The summed E-state index contributed by atoms with van der Waals surface area (Å²) in [4.78, 5) is 4.61. The zero-order valence-corrected chi connectivity index (χ0v) is 13.7. The van der Waals surface area contributed by atoms with Crippen molar-refractivity contribution in [2.45, 2.75) is 72.4 Å². The van der Waals surface area contributed by atoms with Crippen LogP contribution >= 0.6 is 0 Å². The number of hydrogen-bond acceptors (Lipinski definition) is 3. The molecule has 1 aromatic rings. The van der Waals surface area contributed by atoms with Crippen LogP contribution in [0.15, 0.2) is 12.1 Å². The topological polar surface area (TPSA) is 34.1 Å². The Labute approximate surface area is 124 Å². The predicted molar refractivity (Wildman–Crippen MR) is 85.3 cm³/mol. The van der Waals surface area contributed by atoms with Gasteiger partial charge in [-0.1, -0.05) is 47.5 Å². The van der Waals surface area contributed by atoms with Gasteiger partial charge in [-0.05, 0) is 24.0 Å². The molecule has 3 nitrogen and oxygen atoms in total. The minimum Gasteiger partial charge on any atom is -0.478 e. The molecule has 0 spiro atoms. The molecule has 1 N–H and O–H groups in total. The molecule has 0 aliphatic carbocycles. The van der Waals surface area contributed by atoms with E-state index in [4.69, 9.17) is 4.74 Å². The quantitative estimate of drug-likeness (QED) is 0.685. The summed E-state index contributed by atoms with van der Waals surface area (Å²) in [6.07, 6.45) is 3.53. The van der Waals surface area contributed by atoms with Gasteiger partial charge in [0.25, 0.3) is 0 Å². The molecule has 0 radical (unpaired) electrons. The van der Waals surface area contributed by atoms with Crippen LogP contribution in [0.3, 0.4) is 0 Å². The lowest BCUT2D eigenvalue weighted by Crippen LogP contribution is -2.22. The van der Waals surface area contributed by atoms with Crippen LogP contribution in [0.5, 0.6) is 5.88 Å². The number of nitrogens with zero attached hydrogens (tertiary/aromatic N) is 1. The zero-order chi connectivity index (χ0) is 15.0. The summed E-state index contributed by atoms with van der Waals surface area (Å²) >= 11 is 0. The molecule has 0 bridgehead atoms. The van der Waals surface area contributed by atoms with Crippen molar-refractivity contribution in [3.63, 3.8) is 0 Å². The Morgan fingerprint density at radius 3 is 2.50 bits per heavy atom. The van der Waals surface area contributed by atoms with Crippen molar-refractivity contribution in [2.75, 3.05) is 6.61 Å². The van der Waals surface area contributed by atoms with E-state index in [1.54, 1.807) is 0 Å². The highest BCUT2D eigenvalue weighted by atomic mass is 16.5. The van der Waals surface area contributed by atoms with Crippen LogP contribution in [0.1, 0.15) is 71.1 Å². The summed E-state index contributed by atoms with van der Waals surface area (Å²) < 4.78 is 5.81. The summed E-state index contributed by atoms with van der Waals surface area (Å²) in [5.41, 5.74) is 2.36. The van der Waals surface area contributed by atoms with Gasteiger partial charge in [0.1, 0.15) is 0 Å². The Morgan fingerprint density at radius 1 is 1.15 bits per heavy atom. The fourth-order valence-electron chi connectivity index (χ4n) is 1.90. The van der Waals surface area contributed by atoms with E-state index in [-0.39, 0.29) is 0 Å². The molecule has 0 aliphatic rings. The molecule has 20 heavy (non-hydrogen) atoms. The maximum absolute atomic E-state index is 5.81. The second-order valence-corrected chi connectivity index (χ2v) is 5.98. The third-order valence-corrected chi connectivity index (χ3v) is 3.19. The van der Waals surface area contributed by atoms with E-state index in [1.807, 2.05) is 0 Å². The average molecular weight is 278 g/mol. The van der Waals surface area contributed by atoms with Gasteiger partial charge in [-0.3, -0.25) is 0 Å². The predicted octanol–water partition coefficient (Wildman–Crippen LogP) is 4.27. The number of nitrogens with one attached hydrogen (secondary N) is 1. The van der Waals surface area contributed by atoms with E-state index in [2.05, 4.69) is 57.1 Å². The summed E-state index contributed by atoms with van der Waals surface area (Å²) in [6.45, 7) is 12.5. The molecule has 114 valence electrons. The molecule has 3 heteroatoms. The first kappa shape index (κ1) is 17.0. The zero-order valence-electron chi connectivity index (χ0n) is 13.7. The Kier molecular flexibility index (Phi) is 7.60. The standard InChI is InChI=1S/C17H30N2O/c1-6-7-8-9-20-17-11-15(12-18-14(4)5)10-16(19-17)13(2)3/h10-11,13-14,18H,6-9,12H2,1-5H3. The molecule has 0 saturated carbocycles. The van der Waals surface area contributed by atoms with E-state index >= 15 is 0 Å². The lowest BCUT2D eigenvalue weighted by molar-refractivity contribution is 0.293.